The van der Waals surface area contributed by atoms with Crippen molar-refractivity contribution >= 4 is 6.08 Å². The summed E-state index contributed by atoms with van der Waals surface area (Å²) in [5, 5.41) is 0. The summed E-state index contributed by atoms with van der Waals surface area (Å²) in [6, 6.07) is 14.4. The van der Waals surface area contributed by atoms with Crippen LogP contribution < -0.4 is 10.5 Å². The second kappa shape index (κ2) is 6.87. The zero-order chi connectivity index (χ0) is 14.4. The fraction of sp³-hybridized carbons (Fsp3) is 0.176. The van der Waals surface area contributed by atoms with E-state index < -0.39 is 0 Å². The van der Waals surface area contributed by atoms with Gasteiger partial charge in [0, 0.05) is 17.7 Å². The smallest absolute Gasteiger partial charge is 0.131 e. The molecule has 0 aromatic heterocycles. The number of nitrogens with two attached hydrogens (primary N) is 1. The first-order chi connectivity index (χ1) is 9.66. The molecule has 2 aromatic rings. The molecule has 3 heteroatoms. The molecule has 0 radical (unpaired) electrons. The van der Waals surface area contributed by atoms with Gasteiger partial charge in [-0.2, -0.15) is 0 Å². The molecule has 2 aromatic carbocycles. The third-order valence-electron chi connectivity index (χ3n) is 2.92. The van der Waals surface area contributed by atoms with E-state index in [9.17, 15) is 4.39 Å². The van der Waals surface area contributed by atoms with Crippen LogP contribution in [0.3, 0.4) is 0 Å². The van der Waals surface area contributed by atoms with Crippen LogP contribution in [0.15, 0.2) is 54.6 Å². The Bertz CT molecular complexity index is 579. The molecule has 2 nitrogen and oxygen atoms in total. The molecule has 0 heterocycles. The van der Waals surface area contributed by atoms with E-state index in [1.54, 1.807) is 19.1 Å². The number of ether oxygens (including phenoxy) is 1. The van der Waals surface area contributed by atoms with E-state index in [2.05, 4.69) is 0 Å². The highest BCUT2D eigenvalue weighted by molar-refractivity contribution is 5.48. The lowest BCUT2D eigenvalue weighted by atomic mass is 10.1. The molecule has 0 spiro atoms. The van der Waals surface area contributed by atoms with Crippen LogP contribution in [-0.4, -0.2) is 6.61 Å². The van der Waals surface area contributed by atoms with Crippen LogP contribution in [0.5, 0.6) is 5.75 Å². The SMILES string of the molecule is C[C@H](N)c1ccc(OC/C=C/c2ccccc2)cc1F. The molecule has 0 saturated heterocycles. The first kappa shape index (κ1) is 14.3. The largest absolute Gasteiger partial charge is 0.489 e. The van der Waals surface area contributed by atoms with E-state index in [0.29, 0.717) is 17.9 Å². The van der Waals surface area contributed by atoms with Gasteiger partial charge in [-0.05, 0) is 24.6 Å². The van der Waals surface area contributed by atoms with Gasteiger partial charge in [0.05, 0.1) is 0 Å². The standard InChI is InChI=1S/C17H18FNO/c1-13(19)16-10-9-15(12-17(16)18)20-11-5-8-14-6-3-2-4-7-14/h2-10,12-13H,11,19H2,1H3/b8-5+/t13-/m0/s1. The lowest BCUT2D eigenvalue weighted by Crippen LogP contribution is -2.07. The summed E-state index contributed by atoms with van der Waals surface area (Å²) in [4.78, 5) is 0. The number of halogens is 1. The van der Waals surface area contributed by atoms with Crippen molar-refractivity contribution in [2.45, 2.75) is 13.0 Å². The van der Waals surface area contributed by atoms with E-state index in [0.717, 1.165) is 5.56 Å². The van der Waals surface area contributed by atoms with E-state index in [4.69, 9.17) is 10.5 Å². The van der Waals surface area contributed by atoms with E-state index >= 15 is 0 Å². The predicted molar refractivity (Wildman–Crippen MR) is 80.0 cm³/mol. The fourth-order valence-electron chi connectivity index (χ4n) is 1.86. The van der Waals surface area contributed by atoms with Gasteiger partial charge < -0.3 is 10.5 Å². The van der Waals surface area contributed by atoms with Crippen LogP contribution in [-0.2, 0) is 0 Å². The highest BCUT2D eigenvalue weighted by Gasteiger charge is 2.07. The van der Waals surface area contributed by atoms with Crippen molar-refractivity contribution in [1.82, 2.24) is 0 Å². The van der Waals surface area contributed by atoms with Gasteiger partial charge in [0.15, 0.2) is 0 Å². The predicted octanol–water partition coefficient (Wildman–Crippen LogP) is 3.94. The van der Waals surface area contributed by atoms with Gasteiger partial charge in [-0.15, -0.1) is 0 Å². The Morgan fingerprint density at radius 2 is 1.95 bits per heavy atom. The second-order valence-corrected chi connectivity index (χ2v) is 4.60. The fourth-order valence-corrected chi connectivity index (χ4v) is 1.86. The molecule has 0 fully saturated rings. The first-order valence-corrected chi connectivity index (χ1v) is 6.56. The quantitative estimate of drug-likeness (QED) is 0.894. The van der Waals surface area contributed by atoms with Gasteiger partial charge in [-0.1, -0.05) is 42.5 Å². The lowest BCUT2D eigenvalue weighted by molar-refractivity contribution is 0.360. The minimum atomic E-state index is -0.329. The Balaban J connectivity index is 1.92. The Morgan fingerprint density at radius 3 is 2.60 bits per heavy atom. The minimum Gasteiger partial charge on any atom is -0.489 e. The van der Waals surface area contributed by atoms with Crippen molar-refractivity contribution in [2.24, 2.45) is 5.73 Å². The molecule has 0 unspecified atom stereocenters. The summed E-state index contributed by atoms with van der Waals surface area (Å²) in [6.07, 6.45) is 3.86. The van der Waals surface area contributed by atoms with Gasteiger partial charge in [0.2, 0.25) is 0 Å². The van der Waals surface area contributed by atoms with Crippen molar-refractivity contribution < 1.29 is 9.13 Å². The Labute approximate surface area is 118 Å². The van der Waals surface area contributed by atoms with Gasteiger partial charge in [0.25, 0.3) is 0 Å². The van der Waals surface area contributed by atoms with Gasteiger partial charge >= 0.3 is 0 Å². The highest BCUT2D eigenvalue weighted by Crippen LogP contribution is 2.20. The molecular weight excluding hydrogens is 253 g/mol. The van der Waals surface area contributed by atoms with Crippen LogP contribution in [0.4, 0.5) is 4.39 Å². The van der Waals surface area contributed by atoms with Crippen LogP contribution in [0.2, 0.25) is 0 Å². The maximum absolute atomic E-state index is 13.7. The van der Waals surface area contributed by atoms with Gasteiger partial charge in [0.1, 0.15) is 18.2 Å². The van der Waals surface area contributed by atoms with Gasteiger partial charge in [-0.25, -0.2) is 4.39 Å². The summed E-state index contributed by atoms with van der Waals surface area (Å²) in [7, 11) is 0. The van der Waals surface area contributed by atoms with E-state index in [-0.39, 0.29) is 11.9 Å². The molecule has 20 heavy (non-hydrogen) atoms. The summed E-state index contributed by atoms with van der Waals surface area (Å²) < 4.78 is 19.2. The number of benzene rings is 2. The highest BCUT2D eigenvalue weighted by atomic mass is 19.1. The van der Waals surface area contributed by atoms with E-state index in [1.807, 2.05) is 42.5 Å². The summed E-state index contributed by atoms with van der Waals surface area (Å²) in [6.45, 7) is 2.15. The monoisotopic (exact) mass is 271 g/mol. The maximum atomic E-state index is 13.7. The average molecular weight is 271 g/mol. The topological polar surface area (TPSA) is 35.2 Å². The first-order valence-electron chi connectivity index (χ1n) is 6.56. The molecule has 0 aliphatic heterocycles. The van der Waals surface area contributed by atoms with E-state index in [1.165, 1.54) is 6.07 Å². The molecule has 0 bridgehead atoms. The van der Waals surface area contributed by atoms with Crippen molar-refractivity contribution in [3.8, 4) is 5.75 Å². The van der Waals surface area contributed by atoms with Crippen molar-refractivity contribution in [3.05, 3.63) is 71.6 Å². The second-order valence-electron chi connectivity index (χ2n) is 4.60. The zero-order valence-corrected chi connectivity index (χ0v) is 11.4. The molecular formula is C17H18FNO. The van der Waals surface area contributed by atoms with Crippen LogP contribution >= 0.6 is 0 Å². The molecule has 0 aliphatic rings. The molecule has 1 atom stereocenters. The molecule has 2 rings (SSSR count). The third-order valence-corrected chi connectivity index (χ3v) is 2.92. The minimum absolute atomic E-state index is 0.318. The molecule has 2 N–H and O–H groups in total. The summed E-state index contributed by atoms with van der Waals surface area (Å²) in [5.74, 6) is 0.175. The molecule has 0 saturated carbocycles. The van der Waals surface area contributed by atoms with Gasteiger partial charge in [-0.3, -0.25) is 0 Å². The molecule has 0 aliphatic carbocycles. The Hall–Kier alpha value is -2.13. The lowest BCUT2D eigenvalue weighted by Gasteiger charge is -2.09. The van der Waals surface area contributed by atoms with Crippen LogP contribution in [0.25, 0.3) is 6.08 Å². The Kier molecular flexibility index (Phi) is 4.91. The summed E-state index contributed by atoms with van der Waals surface area (Å²) >= 11 is 0. The summed E-state index contributed by atoms with van der Waals surface area (Å²) in [5.41, 5.74) is 7.26. The Morgan fingerprint density at radius 1 is 1.20 bits per heavy atom. The average Bonchev–Trinajstić information content (AvgIpc) is 2.44. The van der Waals surface area contributed by atoms with Crippen molar-refractivity contribution in [2.75, 3.05) is 6.61 Å². The van der Waals surface area contributed by atoms with Crippen molar-refractivity contribution in [1.29, 1.82) is 0 Å². The third kappa shape index (κ3) is 3.93. The molecule has 0 amide bonds. The number of hydrogen-bond acceptors (Lipinski definition) is 2. The molecule has 104 valence electrons. The normalized spacial score (nSPS) is 12.6. The van der Waals surface area contributed by atoms with Crippen LogP contribution in [0, 0.1) is 5.82 Å². The zero-order valence-electron chi connectivity index (χ0n) is 11.4. The number of hydrogen-bond donors (Lipinski definition) is 1. The number of rotatable bonds is 5. The van der Waals surface area contributed by atoms with Crippen molar-refractivity contribution in [3.63, 3.8) is 0 Å². The maximum Gasteiger partial charge on any atom is 0.131 e. The van der Waals surface area contributed by atoms with Crippen LogP contribution in [0.1, 0.15) is 24.1 Å².